The minimum Gasteiger partial charge on any atom is -0.461 e. The van der Waals surface area contributed by atoms with E-state index in [-0.39, 0.29) is 12.3 Å². The maximum Gasteiger partial charge on any atom is 0.358 e. The molecule has 0 bridgehead atoms. The molecule has 1 heterocycles. The van der Waals surface area contributed by atoms with Crippen LogP contribution in [-0.2, 0) is 11.3 Å². The molecule has 0 saturated heterocycles. The van der Waals surface area contributed by atoms with E-state index in [0.29, 0.717) is 17.4 Å². The van der Waals surface area contributed by atoms with E-state index in [4.69, 9.17) is 4.74 Å². The van der Waals surface area contributed by atoms with Crippen LogP contribution in [0.4, 0.5) is 4.39 Å². The summed E-state index contributed by atoms with van der Waals surface area (Å²) in [5, 5.41) is 2.62. The first kappa shape index (κ1) is 16.3. The van der Waals surface area contributed by atoms with E-state index in [0.717, 1.165) is 16.3 Å². The summed E-state index contributed by atoms with van der Waals surface area (Å²) < 4.78 is 21.8. The minimum absolute atomic E-state index is 0.0269. The van der Waals surface area contributed by atoms with Crippen LogP contribution in [0.1, 0.15) is 23.0 Å². The Hall–Kier alpha value is -3.14. The number of nitrogens with zero attached hydrogens (tertiary/aromatic N) is 1. The molecule has 0 radical (unpaired) electrons. The highest BCUT2D eigenvalue weighted by Crippen LogP contribution is 2.28. The van der Waals surface area contributed by atoms with Crippen molar-refractivity contribution in [1.29, 1.82) is 0 Å². The van der Waals surface area contributed by atoms with Crippen LogP contribution in [0.2, 0.25) is 0 Å². The molecule has 4 aromatic rings. The number of ether oxygens (including phenoxy) is 1. The molecule has 0 aliphatic carbocycles. The minimum atomic E-state index is -0.638. The summed E-state index contributed by atoms with van der Waals surface area (Å²) in [5.41, 5.74) is 1.68. The first-order valence-electron chi connectivity index (χ1n) is 8.61. The molecule has 26 heavy (non-hydrogen) atoms. The summed E-state index contributed by atoms with van der Waals surface area (Å²) in [5.74, 6) is -1.17. The van der Waals surface area contributed by atoms with Gasteiger partial charge in [0.15, 0.2) is 11.5 Å². The molecular formula is C22H18FNO2. The molecule has 0 amide bonds. The molecule has 0 spiro atoms. The molecule has 0 unspecified atom stereocenters. The molecule has 0 atom stereocenters. The molecule has 0 aliphatic rings. The zero-order valence-electron chi connectivity index (χ0n) is 14.4. The molecule has 4 rings (SSSR count). The molecule has 3 aromatic carbocycles. The highest BCUT2D eigenvalue weighted by atomic mass is 19.1. The molecule has 4 heteroatoms. The van der Waals surface area contributed by atoms with Crippen LogP contribution in [0.5, 0.6) is 0 Å². The van der Waals surface area contributed by atoms with Gasteiger partial charge in [-0.1, -0.05) is 54.6 Å². The number of halogens is 1. The summed E-state index contributed by atoms with van der Waals surface area (Å²) in [6, 6.07) is 21.2. The van der Waals surface area contributed by atoms with Gasteiger partial charge in [0, 0.05) is 11.9 Å². The third-order valence-electron chi connectivity index (χ3n) is 4.59. The number of carbonyl (C=O) groups is 1. The second-order valence-electron chi connectivity index (χ2n) is 6.12. The number of rotatable bonds is 4. The summed E-state index contributed by atoms with van der Waals surface area (Å²) in [4.78, 5) is 12.4. The lowest BCUT2D eigenvalue weighted by molar-refractivity contribution is 0.0509. The number of para-hydroxylation sites is 1. The molecule has 3 nitrogen and oxygen atoms in total. The SMILES string of the molecule is CCOC(=O)c1c(F)c2ccccc2n1Cc1cccc2ccccc12. The fraction of sp³-hybridized carbons (Fsp3) is 0.136. The fourth-order valence-corrected chi connectivity index (χ4v) is 3.43. The van der Waals surface area contributed by atoms with E-state index in [1.807, 2.05) is 54.6 Å². The maximum atomic E-state index is 15.0. The van der Waals surface area contributed by atoms with Gasteiger partial charge < -0.3 is 9.30 Å². The van der Waals surface area contributed by atoms with Crippen molar-refractivity contribution in [3.8, 4) is 0 Å². The van der Waals surface area contributed by atoms with Gasteiger partial charge in [-0.15, -0.1) is 0 Å². The largest absolute Gasteiger partial charge is 0.461 e. The summed E-state index contributed by atoms with van der Waals surface area (Å²) in [7, 11) is 0. The third kappa shape index (κ3) is 2.64. The standard InChI is InChI=1S/C22H18FNO2/c1-2-26-22(25)21-20(23)18-12-5-6-13-19(18)24(21)14-16-10-7-9-15-8-3-4-11-17(15)16/h3-13H,2,14H2,1H3. The van der Waals surface area contributed by atoms with Crippen LogP contribution in [0, 0.1) is 5.82 Å². The van der Waals surface area contributed by atoms with Gasteiger partial charge in [0.1, 0.15) is 0 Å². The highest BCUT2D eigenvalue weighted by Gasteiger charge is 2.24. The number of fused-ring (bicyclic) bond motifs is 2. The lowest BCUT2D eigenvalue weighted by atomic mass is 10.0. The second-order valence-corrected chi connectivity index (χ2v) is 6.12. The Morgan fingerprint density at radius 3 is 2.46 bits per heavy atom. The van der Waals surface area contributed by atoms with Gasteiger partial charge >= 0.3 is 5.97 Å². The van der Waals surface area contributed by atoms with E-state index in [1.165, 1.54) is 0 Å². The quantitative estimate of drug-likeness (QED) is 0.478. The van der Waals surface area contributed by atoms with Gasteiger partial charge in [-0.25, -0.2) is 9.18 Å². The van der Waals surface area contributed by atoms with Gasteiger partial charge in [-0.05, 0) is 35.4 Å². The van der Waals surface area contributed by atoms with Crippen molar-refractivity contribution >= 4 is 27.6 Å². The topological polar surface area (TPSA) is 31.2 Å². The summed E-state index contributed by atoms with van der Waals surface area (Å²) in [6.45, 7) is 2.31. The van der Waals surface area contributed by atoms with E-state index in [9.17, 15) is 9.18 Å². The lowest BCUT2D eigenvalue weighted by Crippen LogP contribution is -2.14. The van der Waals surface area contributed by atoms with Gasteiger partial charge in [0.25, 0.3) is 0 Å². The van der Waals surface area contributed by atoms with Crippen molar-refractivity contribution in [3.63, 3.8) is 0 Å². The monoisotopic (exact) mass is 347 g/mol. The lowest BCUT2D eigenvalue weighted by Gasteiger charge is -2.12. The maximum absolute atomic E-state index is 15.0. The Labute approximate surface area is 150 Å². The molecular weight excluding hydrogens is 329 g/mol. The summed E-state index contributed by atoms with van der Waals surface area (Å²) in [6.07, 6.45) is 0. The number of benzene rings is 3. The number of esters is 1. The van der Waals surface area contributed by atoms with Crippen molar-refractivity contribution in [2.75, 3.05) is 6.61 Å². The Balaban J connectivity index is 1.93. The molecule has 0 N–H and O–H groups in total. The highest BCUT2D eigenvalue weighted by molar-refractivity contribution is 5.96. The number of aromatic nitrogens is 1. The van der Waals surface area contributed by atoms with E-state index >= 15 is 0 Å². The molecule has 0 fully saturated rings. The van der Waals surface area contributed by atoms with Crippen LogP contribution in [0.15, 0.2) is 66.7 Å². The normalized spacial score (nSPS) is 11.2. The van der Waals surface area contributed by atoms with Crippen molar-refractivity contribution in [3.05, 3.63) is 83.8 Å². The smallest absolute Gasteiger partial charge is 0.358 e. The van der Waals surface area contributed by atoms with Gasteiger partial charge in [0.05, 0.1) is 12.1 Å². The van der Waals surface area contributed by atoms with Crippen LogP contribution >= 0.6 is 0 Å². The Morgan fingerprint density at radius 1 is 0.962 bits per heavy atom. The van der Waals surface area contributed by atoms with Gasteiger partial charge in [0.2, 0.25) is 0 Å². The zero-order chi connectivity index (χ0) is 18.1. The first-order valence-corrected chi connectivity index (χ1v) is 8.61. The predicted molar refractivity (Wildman–Crippen MR) is 101 cm³/mol. The van der Waals surface area contributed by atoms with Crippen LogP contribution in [0.3, 0.4) is 0 Å². The first-order chi connectivity index (χ1) is 12.7. The third-order valence-corrected chi connectivity index (χ3v) is 4.59. The molecule has 0 saturated carbocycles. The van der Waals surface area contributed by atoms with E-state index in [1.54, 1.807) is 23.6 Å². The summed E-state index contributed by atoms with van der Waals surface area (Å²) >= 11 is 0. The van der Waals surface area contributed by atoms with Gasteiger partial charge in [-0.3, -0.25) is 0 Å². The van der Waals surface area contributed by atoms with Gasteiger partial charge in [-0.2, -0.15) is 0 Å². The van der Waals surface area contributed by atoms with Crippen LogP contribution in [0.25, 0.3) is 21.7 Å². The molecule has 130 valence electrons. The van der Waals surface area contributed by atoms with Crippen molar-refractivity contribution in [2.24, 2.45) is 0 Å². The average Bonchev–Trinajstić information content (AvgIpc) is 2.95. The predicted octanol–water partition coefficient (Wildman–Crippen LogP) is 5.16. The molecule has 0 aliphatic heterocycles. The van der Waals surface area contributed by atoms with Crippen molar-refractivity contribution in [2.45, 2.75) is 13.5 Å². The zero-order valence-corrected chi connectivity index (χ0v) is 14.4. The molecule has 1 aromatic heterocycles. The second kappa shape index (κ2) is 6.64. The van der Waals surface area contributed by atoms with E-state index < -0.39 is 11.8 Å². The Morgan fingerprint density at radius 2 is 1.65 bits per heavy atom. The van der Waals surface area contributed by atoms with Crippen LogP contribution < -0.4 is 0 Å². The van der Waals surface area contributed by atoms with Crippen LogP contribution in [-0.4, -0.2) is 17.1 Å². The average molecular weight is 347 g/mol. The Bertz CT molecular complexity index is 1110. The fourth-order valence-electron chi connectivity index (χ4n) is 3.43. The van der Waals surface area contributed by atoms with Crippen molar-refractivity contribution < 1.29 is 13.9 Å². The number of carbonyl (C=O) groups excluding carboxylic acids is 1. The Kier molecular flexibility index (Phi) is 4.17. The number of hydrogen-bond donors (Lipinski definition) is 0. The number of hydrogen-bond acceptors (Lipinski definition) is 2. The van der Waals surface area contributed by atoms with Crippen molar-refractivity contribution in [1.82, 2.24) is 4.57 Å². The van der Waals surface area contributed by atoms with E-state index in [2.05, 4.69) is 0 Å².